The lowest BCUT2D eigenvalue weighted by molar-refractivity contribution is 0.258. The molecule has 2 unspecified atom stereocenters. The molecular formula is C25H34IN7. The van der Waals surface area contributed by atoms with Gasteiger partial charge in [-0.2, -0.15) is 5.10 Å². The van der Waals surface area contributed by atoms with Crippen LogP contribution >= 0.6 is 24.0 Å². The molecule has 176 valence electrons. The van der Waals surface area contributed by atoms with Gasteiger partial charge in [-0.1, -0.05) is 54.6 Å². The summed E-state index contributed by atoms with van der Waals surface area (Å²) in [6.45, 7) is 8.63. The topological polar surface area (TPSA) is 70.4 Å². The molecule has 0 amide bonds. The van der Waals surface area contributed by atoms with Gasteiger partial charge in [0.15, 0.2) is 5.96 Å². The van der Waals surface area contributed by atoms with E-state index in [-0.39, 0.29) is 24.0 Å². The number of hydrogen-bond donors (Lipinski definition) is 2. The molecule has 7 nitrogen and oxygen atoms in total. The first-order valence-electron chi connectivity index (χ1n) is 11.4. The Hall–Kier alpha value is -2.46. The normalized spacial score (nSPS) is 18.7. The molecule has 1 aliphatic heterocycles. The quantitative estimate of drug-likeness (QED) is 0.251. The van der Waals surface area contributed by atoms with Crippen molar-refractivity contribution in [3.8, 4) is 0 Å². The smallest absolute Gasteiger partial charge is 0.191 e. The van der Waals surface area contributed by atoms with Crippen molar-refractivity contribution in [1.82, 2.24) is 30.3 Å². The van der Waals surface area contributed by atoms with Crippen LogP contribution in [-0.4, -0.2) is 50.8 Å². The molecule has 0 radical (unpaired) electrons. The number of likely N-dealkylation sites (tertiary alicyclic amines) is 1. The monoisotopic (exact) mass is 559 g/mol. The second kappa shape index (κ2) is 12.7. The lowest BCUT2D eigenvalue weighted by Gasteiger charge is -2.21. The van der Waals surface area contributed by atoms with Crippen molar-refractivity contribution >= 4 is 29.9 Å². The Kier molecular flexibility index (Phi) is 9.68. The highest BCUT2D eigenvalue weighted by molar-refractivity contribution is 14.0. The van der Waals surface area contributed by atoms with Crippen LogP contribution in [0.5, 0.6) is 0 Å². The largest absolute Gasteiger partial charge is 0.357 e. The lowest BCUT2D eigenvalue weighted by atomic mass is 10.1. The van der Waals surface area contributed by atoms with Crippen molar-refractivity contribution in [3.63, 3.8) is 0 Å². The molecule has 2 aromatic carbocycles. The van der Waals surface area contributed by atoms with Gasteiger partial charge in [-0.05, 0) is 37.0 Å². The maximum atomic E-state index is 4.86. The van der Waals surface area contributed by atoms with Gasteiger partial charge in [0.05, 0.1) is 13.1 Å². The molecule has 1 aromatic heterocycles. The zero-order valence-corrected chi connectivity index (χ0v) is 21.7. The molecule has 0 spiro atoms. The molecule has 1 saturated heterocycles. The van der Waals surface area contributed by atoms with Gasteiger partial charge in [0.1, 0.15) is 12.7 Å². The first-order chi connectivity index (χ1) is 15.7. The number of guanidine groups is 1. The second-order valence-corrected chi connectivity index (χ2v) is 8.45. The van der Waals surface area contributed by atoms with Gasteiger partial charge in [-0.25, -0.2) is 14.7 Å². The zero-order valence-electron chi connectivity index (χ0n) is 19.4. The molecule has 4 rings (SSSR count). The predicted molar refractivity (Wildman–Crippen MR) is 144 cm³/mol. The maximum absolute atomic E-state index is 4.86. The van der Waals surface area contributed by atoms with Crippen LogP contribution in [0.3, 0.4) is 0 Å². The molecule has 3 aromatic rings. The third kappa shape index (κ3) is 7.53. The van der Waals surface area contributed by atoms with E-state index >= 15 is 0 Å². The minimum absolute atomic E-state index is 0. The molecule has 2 N–H and O–H groups in total. The van der Waals surface area contributed by atoms with E-state index in [1.165, 1.54) is 16.7 Å². The van der Waals surface area contributed by atoms with Crippen molar-refractivity contribution in [2.75, 3.05) is 13.1 Å². The predicted octanol–water partition coefficient (Wildman–Crippen LogP) is 3.66. The van der Waals surface area contributed by atoms with E-state index in [4.69, 9.17) is 4.99 Å². The average molecular weight is 560 g/mol. The molecule has 33 heavy (non-hydrogen) atoms. The van der Waals surface area contributed by atoms with Gasteiger partial charge in [0.2, 0.25) is 0 Å². The summed E-state index contributed by atoms with van der Waals surface area (Å²) in [6, 6.07) is 20.2. The van der Waals surface area contributed by atoms with Crippen LogP contribution in [0, 0.1) is 0 Å². The summed E-state index contributed by atoms with van der Waals surface area (Å²) in [5, 5.41) is 11.3. The SMILES string of the molecule is CCNC(=NCc1cccc(Cn2cncn2)c1)NC1CC(C)N(Cc2ccccc2)C1.I. The van der Waals surface area contributed by atoms with Crippen molar-refractivity contribution in [3.05, 3.63) is 83.9 Å². The first-order valence-corrected chi connectivity index (χ1v) is 11.4. The van der Waals surface area contributed by atoms with Crippen LogP contribution in [0.4, 0.5) is 0 Å². The van der Waals surface area contributed by atoms with Gasteiger partial charge in [0, 0.05) is 31.7 Å². The second-order valence-electron chi connectivity index (χ2n) is 8.45. The van der Waals surface area contributed by atoms with E-state index in [2.05, 4.69) is 94.1 Å². The van der Waals surface area contributed by atoms with Crippen LogP contribution in [0.15, 0.2) is 72.2 Å². The number of aliphatic imine (C=N–C) groups is 1. The first kappa shape index (κ1) is 25.2. The minimum atomic E-state index is 0. The van der Waals surface area contributed by atoms with E-state index in [9.17, 15) is 0 Å². The number of halogens is 1. The standard InChI is InChI=1S/C25H33N7.HI/c1-3-27-25(28-14-22-10-7-11-23(13-22)16-32-19-26-18-29-32)30-24-12-20(2)31(17-24)15-21-8-5-4-6-9-21;/h4-11,13,18-20,24H,3,12,14-17H2,1-2H3,(H2,27,28,30);1H. The van der Waals surface area contributed by atoms with Crippen LogP contribution in [0.1, 0.15) is 37.0 Å². The number of hydrogen-bond acceptors (Lipinski definition) is 4. The number of aromatic nitrogens is 3. The van der Waals surface area contributed by atoms with E-state index < -0.39 is 0 Å². The summed E-state index contributed by atoms with van der Waals surface area (Å²) in [5.74, 6) is 0.882. The van der Waals surface area contributed by atoms with Gasteiger partial charge in [-0.3, -0.25) is 4.90 Å². The van der Waals surface area contributed by atoms with Crippen LogP contribution < -0.4 is 10.6 Å². The third-order valence-corrected chi connectivity index (χ3v) is 5.84. The third-order valence-electron chi connectivity index (χ3n) is 5.84. The highest BCUT2D eigenvalue weighted by Gasteiger charge is 2.29. The fourth-order valence-corrected chi connectivity index (χ4v) is 4.25. The summed E-state index contributed by atoms with van der Waals surface area (Å²) in [5.41, 5.74) is 3.75. The summed E-state index contributed by atoms with van der Waals surface area (Å²) < 4.78 is 1.83. The summed E-state index contributed by atoms with van der Waals surface area (Å²) in [6.07, 6.45) is 4.42. The minimum Gasteiger partial charge on any atom is -0.357 e. The average Bonchev–Trinajstić information content (AvgIpc) is 3.43. The molecule has 2 heterocycles. The van der Waals surface area contributed by atoms with Crippen molar-refractivity contribution in [2.24, 2.45) is 4.99 Å². The Labute approximate surface area is 213 Å². The fourth-order valence-electron chi connectivity index (χ4n) is 4.25. The van der Waals surface area contributed by atoms with Crippen LogP contribution in [-0.2, 0) is 19.6 Å². The van der Waals surface area contributed by atoms with Gasteiger partial charge in [0.25, 0.3) is 0 Å². The molecule has 0 aliphatic carbocycles. The highest BCUT2D eigenvalue weighted by atomic mass is 127. The van der Waals surface area contributed by atoms with E-state index in [1.54, 1.807) is 12.7 Å². The molecule has 2 atom stereocenters. The highest BCUT2D eigenvalue weighted by Crippen LogP contribution is 2.20. The van der Waals surface area contributed by atoms with Gasteiger partial charge < -0.3 is 10.6 Å². The summed E-state index contributed by atoms with van der Waals surface area (Å²) in [7, 11) is 0. The number of benzene rings is 2. The molecule has 8 heteroatoms. The molecule has 0 saturated carbocycles. The molecule has 0 bridgehead atoms. The molecule has 1 aliphatic rings. The summed E-state index contributed by atoms with van der Waals surface area (Å²) >= 11 is 0. The zero-order chi connectivity index (χ0) is 22.2. The van der Waals surface area contributed by atoms with Gasteiger partial charge >= 0.3 is 0 Å². The Balaban J connectivity index is 0.00000306. The van der Waals surface area contributed by atoms with Gasteiger partial charge in [-0.15, -0.1) is 24.0 Å². The fraction of sp³-hybridized carbons (Fsp3) is 0.400. The maximum Gasteiger partial charge on any atom is 0.191 e. The number of nitrogens with one attached hydrogen (secondary N) is 2. The van der Waals surface area contributed by atoms with Crippen LogP contribution in [0.2, 0.25) is 0 Å². The Morgan fingerprint density at radius 2 is 1.85 bits per heavy atom. The summed E-state index contributed by atoms with van der Waals surface area (Å²) in [4.78, 5) is 11.4. The number of rotatable bonds is 8. The Morgan fingerprint density at radius 1 is 1.06 bits per heavy atom. The lowest BCUT2D eigenvalue weighted by Crippen LogP contribution is -2.44. The molecular weight excluding hydrogens is 525 g/mol. The Morgan fingerprint density at radius 3 is 2.61 bits per heavy atom. The van der Waals surface area contributed by atoms with Crippen molar-refractivity contribution < 1.29 is 0 Å². The van der Waals surface area contributed by atoms with E-state index in [1.807, 2.05) is 4.68 Å². The van der Waals surface area contributed by atoms with Crippen molar-refractivity contribution in [1.29, 1.82) is 0 Å². The van der Waals surface area contributed by atoms with Crippen molar-refractivity contribution in [2.45, 2.75) is 52.0 Å². The van der Waals surface area contributed by atoms with E-state index in [0.717, 1.165) is 32.0 Å². The van der Waals surface area contributed by atoms with Crippen LogP contribution in [0.25, 0.3) is 0 Å². The number of nitrogens with zero attached hydrogens (tertiary/aromatic N) is 5. The van der Waals surface area contributed by atoms with E-state index in [0.29, 0.717) is 25.2 Å². The Bertz CT molecular complexity index is 991. The molecule has 1 fully saturated rings.